The van der Waals surface area contributed by atoms with Crippen LogP contribution in [0, 0.1) is 20.8 Å². The molecule has 3 rings (SSSR count). The van der Waals surface area contributed by atoms with Gasteiger partial charge in [-0.05, 0) is 76.4 Å². The van der Waals surface area contributed by atoms with Crippen molar-refractivity contribution < 1.29 is 24.2 Å². The number of carbonyl (C=O) groups is 3. The number of amides is 3. The number of aryl methyl sites for hydroxylation is 3. The molecule has 0 aliphatic rings. The Balaban J connectivity index is 2.11. The van der Waals surface area contributed by atoms with Crippen LogP contribution in [-0.2, 0) is 20.7 Å². The van der Waals surface area contributed by atoms with Gasteiger partial charge in [-0.25, -0.2) is 4.79 Å². The van der Waals surface area contributed by atoms with E-state index in [-0.39, 0.29) is 18.7 Å². The number of anilines is 1. The molecule has 0 fully saturated rings. The van der Waals surface area contributed by atoms with E-state index in [1.165, 1.54) is 23.1 Å². The van der Waals surface area contributed by atoms with Crippen molar-refractivity contribution in [2.45, 2.75) is 65.6 Å². The number of alkyl carbamates (subject to hydrolysis) is 1. The fraction of sp³-hybridized carbons (Fsp3) is 0.324. The van der Waals surface area contributed by atoms with Crippen LogP contribution >= 0.6 is 11.6 Å². The third-order valence-electron chi connectivity index (χ3n) is 6.56. The number of halogens is 1. The second-order valence-corrected chi connectivity index (χ2v) is 12.0. The van der Waals surface area contributed by atoms with Gasteiger partial charge in [0.1, 0.15) is 23.4 Å². The Morgan fingerprint density at radius 1 is 1.02 bits per heavy atom. The Morgan fingerprint density at radius 3 is 2.21 bits per heavy atom. The lowest BCUT2D eigenvalue weighted by Crippen LogP contribution is -2.53. The van der Waals surface area contributed by atoms with Crippen molar-refractivity contribution in [3.05, 3.63) is 106 Å². The van der Waals surface area contributed by atoms with Crippen LogP contribution in [0.4, 0.5) is 10.5 Å². The van der Waals surface area contributed by atoms with Gasteiger partial charge < -0.3 is 25.4 Å². The number of para-hydroxylation sites is 1. The number of hydrogen-bond donors (Lipinski definition) is 3. The van der Waals surface area contributed by atoms with Crippen molar-refractivity contribution in [3.63, 3.8) is 0 Å². The molecular weight excluding hydrogens is 566 g/mol. The molecule has 0 heterocycles. The van der Waals surface area contributed by atoms with Crippen LogP contribution in [-0.4, -0.2) is 46.1 Å². The maximum atomic E-state index is 14.4. The zero-order valence-corrected chi connectivity index (χ0v) is 26.3. The summed E-state index contributed by atoms with van der Waals surface area (Å²) in [6.07, 6.45) is 0.839. The highest BCUT2D eigenvalue weighted by atomic mass is 35.5. The van der Waals surface area contributed by atoms with Gasteiger partial charge in [-0.15, -0.1) is 6.58 Å². The molecule has 0 aliphatic heterocycles. The van der Waals surface area contributed by atoms with E-state index in [1.807, 2.05) is 45.0 Å². The number of nitrogens with zero attached hydrogens (tertiary/aromatic N) is 1. The molecule has 0 aromatic heterocycles. The van der Waals surface area contributed by atoms with Crippen LogP contribution < -0.4 is 10.6 Å². The van der Waals surface area contributed by atoms with E-state index in [1.54, 1.807) is 45.0 Å². The zero-order chi connectivity index (χ0) is 31.9. The van der Waals surface area contributed by atoms with Gasteiger partial charge in [0.25, 0.3) is 5.91 Å². The first-order valence-corrected chi connectivity index (χ1v) is 14.4. The van der Waals surface area contributed by atoms with Crippen LogP contribution in [0.25, 0.3) is 0 Å². The standard InChI is InChI=1S/C34H40ClN3O5/c1-8-16-38(32(41)28(36-33(42)43-34(5,6)7)20-24-12-14-26(39)15-13-24)30(25-18-21(2)17-22(3)19-25)31(40)37-29-23(4)10-9-11-27(29)35/h8-15,17-19,28,30,39H,1,16,20H2,2-7H3,(H,36,42)(H,37,40). The van der Waals surface area contributed by atoms with Crippen LogP contribution in [0.15, 0.2) is 73.3 Å². The summed E-state index contributed by atoms with van der Waals surface area (Å²) in [5, 5.41) is 15.8. The molecule has 0 saturated heterocycles. The van der Waals surface area contributed by atoms with Crippen molar-refractivity contribution in [2.75, 3.05) is 11.9 Å². The van der Waals surface area contributed by atoms with Gasteiger partial charge in [0.15, 0.2) is 0 Å². The number of phenols is 1. The van der Waals surface area contributed by atoms with Gasteiger partial charge in [-0.2, -0.15) is 0 Å². The van der Waals surface area contributed by atoms with Gasteiger partial charge >= 0.3 is 6.09 Å². The average Bonchev–Trinajstić information content (AvgIpc) is 2.89. The van der Waals surface area contributed by atoms with Crippen LogP contribution in [0.2, 0.25) is 5.02 Å². The monoisotopic (exact) mass is 605 g/mol. The van der Waals surface area contributed by atoms with E-state index in [2.05, 4.69) is 17.2 Å². The molecule has 2 atom stereocenters. The van der Waals surface area contributed by atoms with Crippen LogP contribution in [0.5, 0.6) is 5.75 Å². The lowest BCUT2D eigenvalue weighted by molar-refractivity contribution is -0.140. The normalized spacial score (nSPS) is 12.5. The smallest absolute Gasteiger partial charge is 0.408 e. The second-order valence-electron chi connectivity index (χ2n) is 11.6. The molecule has 228 valence electrons. The fourth-order valence-corrected chi connectivity index (χ4v) is 5.07. The summed E-state index contributed by atoms with van der Waals surface area (Å²) in [7, 11) is 0. The summed E-state index contributed by atoms with van der Waals surface area (Å²) in [5.41, 5.74) is 3.52. The van der Waals surface area contributed by atoms with Crippen molar-refractivity contribution in [2.24, 2.45) is 0 Å². The first-order chi connectivity index (χ1) is 20.2. The number of benzene rings is 3. The number of nitrogens with one attached hydrogen (secondary N) is 2. The number of carbonyl (C=O) groups excluding carboxylic acids is 3. The topological polar surface area (TPSA) is 108 Å². The van der Waals surface area contributed by atoms with E-state index in [4.69, 9.17) is 16.3 Å². The second kappa shape index (κ2) is 14.2. The van der Waals surface area contributed by atoms with Gasteiger partial charge in [-0.1, -0.05) is 71.3 Å². The summed E-state index contributed by atoms with van der Waals surface area (Å²) in [6.45, 7) is 14.7. The quantitative estimate of drug-likeness (QED) is 0.220. The molecule has 9 heteroatoms. The molecule has 0 bridgehead atoms. The lowest BCUT2D eigenvalue weighted by Gasteiger charge is -2.34. The van der Waals surface area contributed by atoms with Crippen molar-refractivity contribution >= 4 is 35.2 Å². The number of phenolic OH excluding ortho intramolecular Hbond substituents is 1. The maximum Gasteiger partial charge on any atom is 0.408 e. The zero-order valence-electron chi connectivity index (χ0n) is 25.5. The SMILES string of the molecule is C=CCN(C(=O)C(Cc1ccc(O)cc1)NC(=O)OC(C)(C)C)C(C(=O)Nc1c(C)cccc1Cl)c1cc(C)cc(C)c1. The van der Waals surface area contributed by atoms with Crippen molar-refractivity contribution in [1.29, 1.82) is 0 Å². The first-order valence-electron chi connectivity index (χ1n) is 14.0. The number of hydrogen-bond acceptors (Lipinski definition) is 5. The molecule has 0 radical (unpaired) electrons. The highest BCUT2D eigenvalue weighted by Crippen LogP contribution is 2.30. The Kier molecular flexibility index (Phi) is 11.0. The summed E-state index contributed by atoms with van der Waals surface area (Å²) in [6, 6.07) is 15.1. The summed E-state index contributed by atoms with van der Waals surface area (Å²) in [4.78, 5) is 42.9. The van der Waals surface area contributed by atoms with Gasteiger partial charge in [-0.3, -0.25) is 9.59 Å². The molecule has 43 heavy (non-hydrogen) atoms. The largest absolute Gasteiger partial charge is 0.508 e. The molecule has 3 amide bonds. The van der Waals surface area contributed by atoms with E-state index in [0.29, 0.717) is 21.8 Å². The maximum absolute atomic E-state index is 14.4. The Bertz CT molecular complexity index is 1440. The van der Waals surface area contributed by atoms with Crippen LogP contribution in [0.3, 0.4) is 0 Å². The van der Waals surface area contributed by atoms with Crippen molar-refractivity contribution in [1.82, 2.24) is 10.2 Å². The molecule has 3 aromatic carbocycles. The number of rotatable bonds is 10. The molecule has 2 unspecified atom stereocenters. The Labute approximate surface area is 258 Å². The van der Waals surface area contributed by atoms with Crippen LogP contribution in [0.1, 0.15) is 54.6 Å². The lowest BCUT2D eigenvalue weighted by atomic mass is 9.97. The molecule has 3 aromatic rings. The molecule has 8 nitrogen and oxygen atoms in total. The predicted octanol–water partition coefficient (Wildman–Crippen LogP) is 6.80. The minimum absolute atomic E-state index is 0.00743. The number of ether oxygens (including phenoxy) is 1. The summed E-state index contributed by atoms with van der Waals surface area (Å²) >= 11 is 6.45. The van der Waals surface area contributed by atoms with E-state index < -0.39 is 35.6 Å². The Morgan fingerprint density at radius 2 is 1.65 bits per heavy atom. The Hall–Kier alpha value is -4.30. The fourth-order valence-electron chi connectivity index (χ4n) is 4.80. The van der Waals surface area contributed by atoms with Crippen molar-refractivity contribution in [3.8, 4) is 5.75 Å². The minimum Gasteiger partial charge on any atom is -0.508 e. The van der Waals surface area contributed by atoms with E-state index >= 15 is 0 Å². The third kappa shape index (κ3) is 9.35. The molecule has 3 N–H and O–H groups in total. The molecule has 0 spiro atoms. The molecular formula is C34H40ClN3O5. The summed E-state index contributed by atoms with van der Waals surface area (Å²) in [5.74, 6) is -0.924. The minimum atomic E-state index is -1.11. The van der Waals surface area contributed by atoms with E-state index in [9.17, 15) is 19.5 Å². The molecule has 0 saturated carbocycles. The summed E-state index contributed by atoms with van der Waals surface area (Å²) < 4.78 is 5.47. The highest BCUT2D eigenvalue weighted by molar-refractivity contribution is 6.34. The first kappa shape index (κ1) is 33.2. The predicted molar refractivity (Wildman–Crippen MR) is 170 cm³/mol. The third-order valence-corrected chi connectivity index (χ3v) is 6.88. The highest BCUT2D eigenvalue weighted by Gasteiger charge is 2.36. The van der Waals surface area contributed by atoms with E-state index in [0.717, 1.165) is 16.7 Å². The molecule has 0 aliphatic carbocycles. The van der Waals surface area contributed by atoms with Gasteiger partial charge in [0.2, 0.25) is 5.91 Å². The van der Waals surface area contributed by atoms with Gasteiger partial charge in [0.05, 0.1) is 10.7 Å². The number of aromatic hydroxyl groups is 1. The average molecular weight is 606 g/mol. The van der Waals surface area contributed by atoms with Gasteiger partial charge in [0, 0.05) is 13.0 Å².